The Hall–Kier alpha value is -1.55. The largest absolute Gasteiger partial charge is 0.398 e. The molecule has 1 aliphatic heterocycles. The Morgan fingerprint density at radius 2 is 2.21 bits per heavy atom. The average Bonchev–Trinajstić information content (AvgIpc) is 2.18. The lowest BCUT2D eigenvalue weighted by molar-refractivity contribution is -0.131. The predicted octanol–water partition coefficient (Wildman–Crippen LogP) is 0.456. The molecule has 1 aliphatic rings. The van der Waals surface area contributed by atoms with Crippen LogP contribution in [0, 0.1) is 0 Å². The van der Waals surface area contributed by atoms with Crippen molar-refractivity contribution in [1.29, 1.82) is 0 Å². The van der Waals surface area contributed by atoms with Crippen LogP contribution in [0.25, 0.3) is 0 Å². The van der Waals surface area contributed by atoms with Crippen molar-refractivity contribution in [2.45, 2.75) is 6.04 Å². The van der Waals surface area contributed by atoms with Crippen LogP contribution in [-0.4, -0.2) is 19.1 Å². The summed E-state index contributed by atoms with van der Waals surface area (Å²) in [5.74, 6) is -0.0931. The molecule has 0 aromatic heterocycles. The van der Waals surface area contributed by atoms with E-state index in [4.69, 9.17) is 10.5 Å². The second kappa shape index (κ2) is 3.67. The van der Waals surface area contributed by atoms with E-state index >= 15 is 0 Å². The van der Waals surface area contributed by atoms with Crippen LogP contribution in [0.3, 0.4) is 0 Å². The predicted molar refractivity (Wildman–Crippen MR) is 52.6 cm³/mol. The summed E-state index contributed by atoms with van der Waals surface area (Å²) in [5.41, 5.74) is 7.39. The summed E-state index contributed by atoms with van der Waals surface area (Å²) in [6.45, 7) is 0.628. The highest BCUT2D eigenvalue weighted by atomic mass is 16.5. The fraction of sp³-hybridized carbons (Fsp3) is 0.300. The summed E-state index contributed by atoms with van der Waals surface area (Å²) in [5, 5.41) is 2.83. The SMILES string of the molecule is Nc1ccccc1[C@@H]1COCC(=O)N1. The molecule has 1 heterocycles. The maximum absolute atomic E-state index is 11.1. The quantitative estimate of drug-likeness (QED) is 0.635. The molecule has 0 bridgehead atoms. The van der Waals surface area contributed by atoms with Crippen molar-refractivity contribution in [2.75, 3.05) is 18.9 Å². The van der Waals surface area contributed by atoms with Gasteiger partial charge < -0.3 is 15.8 Å². The first-order valence-electron chi connectivity index (χ1n) is 4.49. The van der Waals surface area contributed by atoms with Gasteiger partial charge in [0.2, 0.25) is 5.91 Å². The van der Waals surface area contributed by atoms with Crippen LogP contribution in [0.1, 0.15) is 11.6 Å². The van der Waals surface area contributed by atoms with Gasteiger partial charge in [0.25, 0.3) is 0 Å². The number of carbonyl (C=O) groups excluding carboxylic acids is 1. The molecule has 1 aromatic carbocycles. The van der Waals surface area contributed by atoms with Gasteiger partial charge in [-0.15, -0.1) is 0 Å². The normalized spacial score (nSPS) is 21.7. The van der Waals surface area contributed by atoms with E-state index in [1.54, 1.807) is 0 Å². The van der Waals surface area contributed by atoms with Gasteiger partial charge in [-0.2, -0.15) is 0 Å². The lowest BCUT2D eigenvalue weighted by Gasteiger charge is -2.24. The zero-order valence-corrected chi connectivity index (χ0v) is 7.69. The Balaban J connectivity index is 2.22. The molecule has 0 radical (unpaired) electrons. The number of nitrogens with one attached hydrogen (secondary N) is 1. The molecule has 0 aliphatic carbocycles. The molecule has 3 N–H and O–H groups in total. The van der Waals surface area contributed by atoms with Gasteiger partial charge in [-0.25, -0.2) is 0 Å². The number of hydrogen-bond donors (Lipinski definition) is 2. The average molecular weight is 192 g/mol. The molecule has 1 saturated heterocycles. The number of rotatable bonds is 1. The van der Waals surface area contributed by atoms with Crippen LogP contribution in [0.4, 0.5) is 5.69 Å². The number of nitrogen functional groups attached to an aromatic ring is 1. The smallest absolute Gasteiger partial charge is 0.246 e. The van der Waals surface area contributed by atoms with Crippen molar-refractivity contribution < 1.29 is 9.53 Å². The molecule has 4 nitrogen and oxygen atoms in total. The third-order valence-corrected chi connectivity index (χ3v) is 2.22. The van der Waals surface area contributed by atoms with Crippen molar-refractivity contribution in [2.24, 2.45) is 0 Å². The first kappa shape index (κ1) is 9.02. The lowest BCUT2D eigenvalue weighted by atomic mass is 10.0. The molecule has 14 heavy (non-hydrogen) atoms. The lowest BCUT2D eigenvalue weighted by Crippen LogP contribution is -2.39. The van der Waals surface area contributed by atoms with E-state index in [-0.39, 0.29) is 18.6 Å². The number of anilines is 1. The van der Waals surface area contributed by atoms with Crippen LogP contribution < -0.4 is 11.1 Å². The molecular weight excluding hydrogens is 180 g/mol. The minimum atomic E-state index is -0.113. The zero-order chi connectivity index (χ0) is 9.97. The number of para-hydroxylation sites is 1. The minimum Gasteiger partial charge on any atom is -0.398 e. The standard InChI is InChI=1S/C10H12N2O2/c11-8-4-2-1-3-7(8)9-5-14-6-10(13)12-9/h1-4,9H,5-6,11H2,(H,12,13)/t9-/m0/s1. The monoisotopic (exact) mass is 192 g/mol. The maximum atomic E-state index is 11.1. The zero-order valence-electron chi connectivity index (χ0n) is 7.69. The van der Waals surface area contributed by atoms with E-state index in [1.165, 1.54) is 0 Å². The van der Waals surface area contributed by atoms with Crippen molar-refractivity contribution in [3.05, 3.63) is 29.8 Å². The van der Waals surface area contributed by atoms with Gasteiger partial charge in [0.05, 0.1) is 12.6 Å². The number of hydrogen-bond acceptors (Lipinski definition) is 3. The summed E-state index contributed by atoms with van der Waals surface area (Å²) >= 11 is 0. The topological polar surface area (TPSA) is 64.3 Å². The van der Waals surface area contributed by atoms with Gasteiger partial charge in [0.1, 0.15) is 6.61 Å². The molecule has 4 heteroatoms. The highest BCUT2D eigenvalue weighted by Gasteiger charge is 2.21. The van der Waals surface area contributed by atoms with Gasteiger partial charge in [0, 0.05) is 5.69 Å². The summed E-state index contributed by atoms with van der Waals surface area (Å²) in [6, 6.07) is 7.36. The minimum absolute atomic E-state index is 0.0931. The van der Waals surface area contributed by atoms with E-state index in [0.29, 0.717) is 12.3 Å². The molecule has 0 unspecified atom stereocenters. The Morgan fingerprint density at radius 3 is 2.93 bits per heavy atom. The Bertz CT molecular complexity index is 352. The van der Waals surface area contributed by atoms with Crippen molar-refractivity contribution in [1.82, 2.24) is 5.32 Å². The Labute approximate surface area is 82.1 Å². The highest BCUT2D eigenvalue weighted by Crippen LogP contribution is 2.21. The van der Waals surface area contributed by atoms with Crippen LogP contribution in [0.5, 0.6) is 0 Å². The van der Waals surface area contributed by atoms with E-state index in [1.807, 2.05) is 24.3 Å². The van der Waals surface area contributed by atoms with Gasteiger partial charge in [-0.1, -0.05) is 18.2 Å². The fourth-order valence-electron chi connectivity index (χ4n) is 1.54. The van der Waals surface area contributed by atoms with E-state index in [0.717, 1.165) is 5.56 Å². The summed E-state index contributed by atoms with van der Waals surface area (Å²) in [7, 11) is 0. The second-order valence-corrected chi connectivity index (χ2v) is 3.26. The second-order valence-electron chi connectivity index (χ2n) is 3.26. The van der Waals surface area contributed by atoms with Gasteiger partial charge in [-0.05, 0) is 11.6 Å². The third-order valence-electron chi connectivity index (χ3n) is 2.22. The maximum Gasteiger partial charge on any atom is 0.246 e. The van der Waals surface area contributed by atoms with E-state index in [9.17, 15) is 4.79 Å². The number of carbonyl (C=O) groups is 1. The summed E-state index contributed by atoms with van der Waals surface area (Å²) in [4.78, 5) is 11.1. The summed E-state index contributed by atoms with van der Waals surface area (Å²) < 4.78 is 5.14. The van der Waals surface area contributed by atoms with Crippen LogP contribution in [-0.2, 0) is 9.53 Å². The Morgan fingerprint density at radius 1 is 1.43 bits per heavy atom. The van der Waals surface area contributed by atoms with E-state index in [2.05, 4.69) is 5.32 Å². The first-order valence-corrected chi connectivity index (χ1v) is 4.49. The highest BCUT2D eigenvalue weighted by molar-refractivity contribution is 5.78. The van der Waals surface area contributed by atoms with Crippen LogP contribution in [0.15, 0.2) is 24.3 Å². The molecule has 0 saturated carbocycles. The van der Waals surface area contributed by atoms with Crippen molar-refractivity contribution >= 4 is 11.6 Å². The Kier molecular flexibility index (Phi) is 2.37. The van der Waals surface area contributed by atoms with Crippen LogP contribution >= 0.6 is 0 Å². The number of benzene rings is 1. The van der Waals surface area contributed by atoms with Crippen molar-refractivity contribution in [3.63, 3.8) is 0 Å². The molecular formula is C10H12N2O2. The third kappa shape index (κ3) is 1.70. The van der Waals surface area contributed by atoms with Gasteiger partial charge in [-0.3, -0.25) is 4.79 Å². The number of morpholine rings is 1. The molecule has 0 spiro atoms. The van der Waals surface area contributed by atoms with Gasteiger partial charge >= 0.3 is 0 Å². The summed E-state index contributed by atoms with van der Waals surface area (Å²) in [6.07, 6.45) is 0. The van der Waals surface area contributed by atoms with E-state index < -0.39 is 0 Å². The molecule has 2 rings (SSSR count). The van der Waals surface area contributed by atoms with Gasteiger partial charge in [0.15, 0.2) is 0 Å². The number of ether oxygens (including phenoxy) is 1. The molecule has 74 valence electrons. The van der Waals surface area contributed by atoms with Crippen LogP contribution in [0.2, 0.25) is 0 Å². The molecule has 1 atom stereocenters. The van der Waals surface area contributed by atoms with Crippen molar-refractivity contribution in [3.8, 4) is 0 Å². The molecule has 1 amide bonds. The molecule has 1 aromatic rings. The first-order chi connectivity index (χ1) is 6.77. The molecule has 1 fully saturated rings. The number of nitrogens with two attached hydrogens (primary N) is 1. The number of amides is 1. The fourth-order valence-corrected chi connectivity index (χ4v) is 1.54.